The molecule has 188 valence electrons. The maximum atomic E-state index is 12.1. The smallest absolute Gasteiger partial charge is 0.220 e. The maximum absolute atomic E-state index is 12.1. The van der Waals surface area contributed by atoms with Crippen LogP contribution in [0.2, 0.25) is 0 Å². The molecule has 1 heterocycles. The van der Waals surface area contributed by atoms with E-state index in [9.17, 15) is 4.79 Å². The van der Waals surface area contributed by atoms with Crippen molar-refractivity contribution in [2.24, 2.45) is 0 Å². The number of aryl methyl sites for hydroxylation is 4. The standard InChI is InChI=1S/C31H37N3O2/c1-24-12-11-13-25(2)31(24)36-23-22-34-28-17-9-8-16-27(28)33-29(34)18-7-4-10-21-32-30(35)20-19-26-14-5-3-6-15-26/h3,5-6,8-9,11-17H,4,7,10,18-23H2,1-2H3,(H,32,35). The van der Waals surface area contributed by atoms with Gasteiger partial charge >= 0.3 is 0 Å². The summed E-state index contributed by atoms with van der Waals surface area (Å²) in [5.41, 5.74) is 5.72. The van der Waals surface area contributed by atoms with Gasteiger partial charge in [0.25, 0.3) is 0 Å². The van der Waals surface area contributed by atoms with E-state index in [4.69, 9.17) is 9.72 Å². The number of imidazole rings is 1. The Morgan fingerprint density at radius 3 is 2.42 bits per heavy atom. The number of carbonyl (C=O) groups excluding carboxylic acids is 1. The van der Waals surface area contributed by atoms with Crippen LogP contribution in [0.25, 0.3) is 11.0 Å². The van der Waals surface area contributed by atoms with E-state index < -0.39 is 0 Å². The molecular formula is C31H37N3O2. The number of ether oxygens (including phenoxy) is 1. The van der Waals surface area contributed by atoms with Gasteiger partial charge in [0, 0.05) is 19.4 Å². The van der Waals surface area contributed by atoms with E-state index >= 15 is 0 Å². The molecule has 1 N–H and O–H groups in total. The molecule has 4 aromatic rings. The van der Waals surface area contributed by atoms with Crippen LogP contribution in [0.1, 0.15) is 48.2 Å². The molecule has 0 fully saturated rings. The van der Waals surface area contributed by atoms with Crippen molar-refractivity contribution in [1.82, 2.24) is 14.9 Å². The van der Waals surface area contributed by atoms with E-state index in [1.807, 2.05) is 24.3 Å². The van der Waals surface area contributed by atoms with E-state index in [0.717, 1.165) is 78.9 Å². The first-order valence-electron chi connectivity index (χ1n) is 13.1. The average molecular weight is 484 g/mol. The van der Waals surface area contributed by atoms with Crippen molar-refractivity contribution in [2.45, 2.75) is 58.9 Å². The number of unbranched alkanes of at least 4 members (excludes halogenated alkanes) is 2. The minimum absolute atomic E-state index is 0.129. The summed E-state index contributed by atoms with van der Waals surface area (Å²) in [6.45, 7) is 6.28. The summed E-state index contributed by atoms with van der Waals surface area (Å²) in [5, 5.41) is 3.06. The van der Waals surface area contributed by atoms with Gasteiger partial charge in [0.05, 0.1) is 17.6 Å². The van der Waals surface area contributed by atoms with Crippen LogP contribution in [-0.2, 0) is 24.2 Å². The molecule has 1 aromatic heterocycles. The zero-order chi connectivity index (χ0) is 25.2. The van der Waals surface area contributed by atoms with Crippen molar-refractivity contribution in [3.63, 3.8) is 0 Å². The highest BCUT2D eigenvalue weighted by atomic mass is 16.5. The first kappa shape index (κ1) is 25.5. The molecule has 3 aromatic carbocycles. The first-order valence-corrected chi connectivity index (χ1v) is 13.1. The van der Waals surface area contributed by atoms with Crippen molar-refractivity contribution in [2.75, 3.05) is 13.2 Å². The first-order chi connectivity index (χ1) is 17.6. The Morgan fingerprint density at radius 2 is 1.61 bits per heavy atom. The van der Waals surface area contributed by atoms with Gasteiger partial charge in [0.15, 0.2) is 0 Å². The number of fused-ring (bicyclic) bond motifs is 1. The molecule has 0 aliphatic rings. The fourth-order valence-corrected chi connectivity index (χ4v) is 4.64. The van der Waals surface area contributed by atoms with Gasteiger partial charge in [-0.1, -0.05) is 67.1 Å². The number of nitrogens with zero attached hydrogens (tertiary/aromatic N) is 2. The Kier molecular flexibility index (Phi) is 9.15. The molecule has 36 heavy (non-hydrogen) atoms. The zero-order valence-corrected chi connectivity index (χ0v) is 21.5. The maximum Gasteiger partial charge on any atom is 0.220 e. The highest BCUT2D eigenvalue weighted by Crippen LogP contribution is 2.23. The summed E-state index contributed by atoms with van der Waals surface area (Å²) in [6, 6.07) is 24.7. The van der Waals surface area contributed by atoms with Gasteiger partial charge < -0.3 is 14.6 Å². The lowest BCUT2D eigenvalue weighted by molar-refractivity contribution is -0.121. The molecule has 4 rings (SSSR count). The van der Waals surface area contributed by atoms with Crippen molar-refractivity contribution in [1.29, 1.82) is 0 Å². The molecule has 0 spiro atoms. The second-order valence-electron chi connectivity index (χ2n) is 9.38. The van der Waals surface area contributed by atoms with Crippen LogP contribution in [0.4, 0.5) is 0 Å². The number of para-hydroxylation sites is 3. The summed E-state index contributed by atoms with van der Waals surface area (Å²) in [6.07, 6.45) is 5.32. The summed E-state index contributed by atoms with van der Waals surface area (Å²) < 4.78 is 8.48. The third-order valence-corrected chi connectivity index (χ3v) is 6.59. The van der Waals surface area contributed by atoms with Gasteiger partial charge in [0.1, 0.15) is 18.2 Å². The lowest BCUT2D eigenvalue weighted by Crippen LogP contribution is -2.24. The highest BCUT2D eigenvalue weighted by molar-refractivity contribution is 5.76. The van der Waals surface area contributed by atoms with Crippen LogP contribution >= 0.6 is 0 Å². The van der Waals surface area contributed by atoms with Gasteiger partial charge in [0.2, 0.25) is 5.91 Å². The number of hydrogen-bond acceptors (Lipinski definition) is 3. The minimum Gasteiger partial charge on any atom is -0.491 e. The number of nitrogens with one attached hydrogen (secondary N) is 1. The molecule has 0 atom stereocenters. The van der Waals surface area contributed by atoms with Crippen molar-refractivity contribution in [3.8, 4) is 5.75 Å². The Hall–Kier alpha value is -3.60. The number of carbonyl (C=O) groups is 1. The lowest BCUT2D eigenvalue weighted by Gasteiger charge is -2.14. The van der Waals surface area contributed by atoms with Gasteiger partial charge in [-0.2, -0.15) is 0 Å². The molecule has 0 unspecified atom stereocenters. The van der Waals surface area contributed by atoms with E-state index in [-0.39, 0.29) is 5.91 Å². The second kappa shape index (κ2) is 12.9. The Labute approximate surface area is 214 Å². The molecule has 0 radical (unpaired) electrons. The topological polar surface area (TPSA) is 56.1 Å². The van der Waals surface area contributed by atoms with Gasteiger partial charge in [-0.3, -0.25) is 4.79 Å². The van der Waals surface area contributed by atoms with Crippen molar-refractivity contribution >= 4 is 16.9 Å². The van der Waals surface area contributed by atoms with Crippen LogP contribution < -0.4 is 10.1 Å². The predicted octanol–water partition coefficient (Wildman–Crippen LogP) is 6.19. The van der Waals surface area contributed by atoms with Crippen LogP contribution in [-0.4, -0.2) is 28.6 Å². The van der Waals surface area contributed by atoms with Crippen LogP contribution in [0, 0.1) is 13.8 Å². The van der Waals surface area contributed by atoms with Crippen LogP contribution in [0.15, 0.2) is 72.8 Å². The SMILES string of the molecule is Cc1cccc(C)c1OCCn1c(CCCCCNC(=O)CCc2ccccc2)nc2ccccc21. The van der Waals surface area contributed by atoms with Crippen molar-refractivity contribution in [3.05, 3.63) is 95.3 Å². The van der Waals surface area contributed by atoms with E-state index in [1.54, 1.807) is 0 Å². The Bertz CT molecular complexity index is 1240. The van der Waals surface area contributed by atoms with Gasteiger partial charge in [-0.05, 0) is 61.9 Å². The molecule has 0 saturated heterocycles. The largest absolute Gasteiger partial charge is 0.491 e. The average Bonchev–Trinajstić information content (AvgIpc) is 3.24. The fourth-order valence-electron chi connectivity index (χ4n) is 4.64. The number of rotatable bonds is 13. The van der Waals surface area contributed by atoms with E-state index in [1.165, 1.54) is 5.56 Å². The molecule has 5 heteroatoms. The van der Waals surface area contributed by atoms with E-state index in [2.05, 4.69) is 72.3 Å². The lowest BCUT2D eigenvalue weighted by atomic mass is 10.1. The highest BCUT2D eigenvalue weighted by Gasteiger charge is 2.11. The monoisotopic (exact) mass is 483 g/mol. The second-order valence-corrected chi connectivity index (χ2v) is 9.38. The zero-order valence-electron chi connectivity index (χ0n) is 21.5. The molecule has 0 saturated carbocycles. The third kappa shape index (κ3) is 6.97. The Balaban J connectivity index is 1.23. The number of hydrogen-bond donors (Lipinski definition) is 1. The molecular weight excluding hydrogens is 446 g/mol. The molecule has 0 bridgehead atoms. The number of amides is 1. The molecule has 0 aliphatic heterocycles. The van der Waals surface area contributed by atoms with E-state index in [0.29, 0.717) is 13.0 Å². The van der Waals surface area contributed by atoms with Crippen LogP contribution in [0.3, 0.4) is 0 Å². The minimum atomic E-state index is 0.129. The normalized spacial score (nSPS) is 11.1. The number of benzene rings is 3. The summed E-state index contributed by atoms with van der Waals surface area (Å²) >= 11 is 0. The van der Waals surface area contributed by atoms with Gasteiger partial charge in [-0.15, -0.1) is 0 Å². The fraction of sp³-hybridized carbons (Fsp3) is 0.355. The predicted molar refractivity (Wildman–Crippen MR) is 146 cm³/mol. The summed E-state index contributed by atoms with van der Waals surface area (Å²) in [5.74, 6) is 2.21. The van der Waals surface area contributed by atoms with Gasteiger partial charge in [-0.25, -0.2) is 4.98 Å². The Morgan fingerprint density at radius 1 is 0.861 bits per heavy atom. The summed E-state index contributed by atoms with van der Waals surface area (Å²) in [4.78, 5) is 17.0. The quantitative estimate of drug-likeness (QED) is 0.231. The molecule has 5 nitrogen and oxygen atoms in total. The third-order valence-electron chi connectivity index (χ3n) is 6.59. The van der Waals surface area contributed by atoms with Crippen molar-refractivity contribution < 1.29 is 9.53 Å². The number of aromatic nitrogens is 2. The molecule has 1 amide bonds. The summed E-state index contributed by atoms with van der Waals surface area (Å²) in [7, 11) is 0. The molecule has 0 aliphatic carbocycles. The van der Waals surface area contributed by atoms with Crippen LogP contribution in [0.5, 0.6) is 5.75 Å².